The minimum atomic E-state index is -0.0703. The predicted octanol–water partition coefficient (Wildman–Crippen LogP) is 1.17. The summed E-state index contributed by atoms with van der Waals surface area (Å²) in [5, 5.41) is 9.00. The molecule has 1 fully saturated rings. The maximum absolute atomic E-state index is 12.3. The molecule has 4 nitrogen and oxygen atoms in total. The third-order valence-corrected chi connectivity index (χ3v) is 3.03. The molecule has 17 heavy (non-hydrogen) atoms. The monoisotopic (exact) mass is 234 g/mol. The number of nitrogens with zero attached hydrogens (tertiary/aromatic N) is 1. The molecule has 4 heteroatoms. The predicted molar refractivity (Wildman–Crippen MR) is 66.7 cm³/mol. The van der Waals surface area contributed by atoms with Crippen LogP contribution in [-0.2, 0) is 0 Å². The topological polar surface area (TPSA) is 66.6 Å². The Morgan fingerprint density at radius 1 is 1.53 bits per heavy atom. The van der Waals surface area contributed by atoms with Gasteiger partial charge in [0, 0.05) is 18.3 Å². The van der Waals surface area contributed by atoms with Crippen LogP contribution in [0.1, 0.15) is 28.8 Å². The highest BCUT2D eigenvalue weighted by atomic mass is 16.3. The van der Waals surface area contributed by atoms with E-state index in [4.69, 9.17) is 10.8 Å². The lowest BCUT2D eigenvalue weighted by atomic mass is 10.1. The van der Waals surface area contributed by atoms with Crippen LogP contribution in [0.3, 0.4) is 0 Å². The van der Waals surface area contributed by atoms with Crippen LogP contribution in [0.2, 0.25) is 0 Å². The number of amides is 1. The molecule has 0 atom stereocenters. The van der Waals surface area contributed by atoms with Gasteiger partial charge in [0.05, 0.1) is 12.2 Å². The van der Waals surface area contributed by atoms with E-state index in [1.165, 1.54) is 0 Å². The van der Waals surface area contributed by atoms with Crippen molar-refractivity contribution in [1.82, 2.24) is 4.90 Å². The van der Waals surface area contributed by atoms with Crippen molar-refractivity contribution in [3.05, 3.63) is 29.3 Å². The fourth-order valence-electron chi connectivity index (χ4n) is 1.98. The van der Waals surface area contributed by atoms with Crippen LogP contribution in [0, 0.1) is 6.92 Å². The molecule has 1 aliphatic carbocycles. The number of aliphatic hydroxyl groups is 1. The zero-order chi connectivity index (χ0) is 12.4. The van der Waals surface area contributed by atoms with Crippen LogP contribution < -0.4 is 5.73 Å². The van der Waals surface area contributed by atoms with Gasteiger partial charge < -0.3 is 15.7 Å². The summed E-state index contributed by atoms with van der Waals surface area (Å²) in [6.07, 6.45) is 2.05. The highest BCUT2D eigenvalue weighted by Gasteiger charge is 2.33. The van der Waals surface area contributed by atoms with Crippen molar-refractivity contribution >= 4 is 11.6 Å². The van der Waals surface area contributed by atoms with Crippen LogP contribution in [0.4, 0.5) is 5.69 Å². The Hall–Kier alpha value is -1.55. The Balaban J connectivity index is 2.22. The summed E-state index contributed by atoms with van der Waals surface area (Å²) in [7, 11) is 0. The summed E-state index contributed by atoms with van der Waals surface area (Å²) in [5.74, 6) is -0.0703. The summed E-state index contributed by atoms with van der Waals surface area (Å²) in [6.45, 7) is 2.32. The van der Waals surface area contributed by atoms with Crippen LogP contribution in [0.25, 0.3) is 0 Å². The van der Waals surface area contributed by atoms with E-state index in [0.29, 0.717) is 17.8 Å². The lowest BCUT2D eigenvalue weighted by Crippen LogP contribution is -2.35. The number of hydrogen-bond donors (Lipinski definition) is 2. The number of carbonyl (C=O) groups is 1. The summed E-state index contributed by atoms with van der Waals surface area (Å²) < 4.78 is 0. The molecule has 0 aliphatic heterocycles. The Bertz CT molecular complexity index is 427. The van der Waals surface area contributed by atoms with Gasteiger partial charge in [-0.15, -0.1) is 0 Å². The highest BCUT2D eigenvalue weighted by molar-refractivity contribution is 5.99. The van der Waals surface area contributed by atoms with Gasteiger partial charge in [0.1, 0.15) is 0 Å². The fraction of sp³-hybridized carbons (Fsp3) is 0.462. The second kappa shape index (κ2) is 4.75. The first-order valence-electron chi connectivity index (χ1n) is 5.91. The van der Waals surface area contributed by atoms with Crippen LogP contribution in [-0.4, -0.2) is 35.1 Å². The number of benzene rings is 1. The number of nitrogens with two attached hydrogens (primary N) is 1. The number of aliphatic hydroxyl groups excluding tert-OH is 1. The molecule has 0 aromatic heterocycles. The Labute approximate surface area is 101 Å². The van der Waals surface area contributed by atoms with Gasteiger partial charge >= 0.3 is 0 Å². The van der Waals surface area contributed by atoms with Crippen LogP contribution in [0.15, 0.2) is 18.2 Å². The molecular formula is C13H18N2O2. The van der Waals surface area contributed by atoms with Gasteiger partial charge in [-0.2, -0.15) is 0 Å². The average molecular weight is 234 g/mol. The van der Waals surface area contributed by atoms with Crippen molar-refractivity contribution in [2.24, 2.45) is 0 Å². The third-order valence-electron chi connectivity index (χ3n) is 3.03. The Kier molecular flexibility index (Phi) is 3.33. The van der Waals surface area contributed by atoms with Crippen molar-refractivity contribution in [2.45, 2.75) is 25.8 Å². The Morgan fingerprint density at radius 3 is 2.76 bits per heavy atom. The molecule has 3 N–H and O–H groups in total. The van der Waals surface area contributed by atoms with Crippen LogP contribution >= 0.6 is 0 Å². The second-order valence-electron chi connectivity index (χ2n) is 4.54. The van der Waals surface area contributed by atoms with Gasteiger partial charge in [0.25, 0.3) is 5.91 Å². The van der Waals surface area contributed by atoms with Crippen molar-refractivity contribution in [3.63, 3.8) is 0 Å². The van der Waals surface area contributed by atoms with Gasteiger partial charge in [-0.1, -0.05) is 6.07 Å². The summed E-state index contributed by atoms with van der Waals surface area (Å²) >= 11 is 0. The number of rotatable bonds is 4. The standard InChI is InChI=1S/C13H18N2O2/c1-9-2-5-11(12(14)8-9)13(17)15(6-7-16)10-3-4-10/h2,5,8,10,16H,3-4,6-7,14H2,1H3. The molecule has 1 aliphatic rings. The van der Waals surface area contributed by atoms with E-state index in [-0.39, 0.29) is 18.6 Å². The molecule has 0 saturated heterocycles. The van der Waals surface area contributed by atoms with Gasteiger partial charge in [-0.3, -0.25) is 4.79 Å². The SMILES string of the molecule is Cc1ccc(C(=O)N(CCO)C2CC2)c(N)c1. The summed E-state index contributed by atoms with van der Waals surface area (Å²) in [6, 6.07) is 5.74. The molecule has 1 aromatic rings. The number of nitrogen functional groups attached to an aromatic ring is 1. The van der Waals surface area contributed by atoms with E-state index in [0.717, 1.165) is 18.4 Å². The first-order valence-corrected chi connectivity index (χ1v) is 5.91. The number of anilines is 1. The highest BCUT2D eigenvalue weighted by Crippen LogP contribution is 2.29. The smallest absolute Gasteiger partial charge is 0.256 e. The molecule has 2 rings (SSSR count). The molecule has 0 bridgehead atoms. The summed E-state index contributed by atoms with van der Waals surface area (Å²) in [4.78, 5) is 14.0. The lowest BCUT2D eigenvalue weighted by molar-refractivity contribution is 0.0708. The third kappa shape index (κ3) is 2.58. The number of aryl methyl sites for hydroxylation is 1. The minimum absolute atomic E-state index is 0.00595. The van der Waals surface area contributed by atoms with Gasteiger partial charge in [-0.25, -0.2) is 0 Å². The molecule has 1 saturated carbocycles. The zero-order valence-corrected chi connectivity index (χ0v) is 10.0. The van der Waals surface area contributed by atoms with E-state index in [9.17, 15) is 4.79 Å². The van der Waals surface area contributed by atoms with Crippen LogP contribution in [0.5, 0.6) is 0 Å². The largest absolute Gasteiger partial charge is 0.398 e. The molecule has 0 spiro atoms. The summed E-state index contributed by atoms with van der Waals surface area (Å²) in [5.41, 5.74) is 7.96. The maximum Gasteiger partial charge on any atom is 0.256 e. The average Bonchev–Trinajstić information content (AvgIpc) is 3.09. The van der Waals surface area contributed by atoms with Gasteiger partial charge in [-0.05, 0) is 37.5 Å². The quantitative estimate of drug-likeness (QED) is 0.769. The van der Waals surface area contributed by atoms with E-state index in [1.807, 2.05) is 13.0 Å². The van der Waals surface area contributed by atoms with Crippen molar-refractivity contribution in [2.75, 3.05) is 18.9 Å². The van der Waals surface area contributed by atoms with Crippen molar-refractivity contribution in [3.8, 4) is 0 Å². The molecule has 1 aromatic carbocycles. The molecule has 0 unspecified atom stereocenters. The minimum Gasteiger partial charge on any atom is -0.398 e. The number of hydrogen-bond acceptors (Lipinski definition) is 3. The molecule has 0 radical (unpaired) electrons. The van der Waals surface area contributed by atoms with E-state index < -0.39 is 0 Å². The molecule has 92 valence electrons. The van der Waals surface area contributed by atoms with Crippen molar-refractivity contribution < 1.29 is 9.90 Å². The Morgan fingerprint density at radius 2 is 2.24 bits per heavy atom. The van der Waals surface area contributed by atoms with Gasteiger partial charge in [0.15, 0.2) is 0 Å². The van der Waals surface area contributed by atoms with Gasteiger partial charge in [0.2, 0.25) is 0 Å². The van der Waals surface area contributed by atoms with E-state index in [2.05, 4.69) is 0 Å². The second-order valence-corrected chi connectivity index (χ2v) is 4.54. The molecule has 1 amide bonds. The fourth-order valence-corrected chi connectivity index (χ4v) is 1.98. The first-order chi connectivity index (χ1) is 8.13. The van der Waals surface area contributed by atoms with E-state index in [1.54, 1.807) is 17.0 Å². The van der Waals surface area contributed by atoms with Crippen molar-refractivity contribution in [1.29, 1.82) is 0 Å². The maximum atomic E-state index is 12.3. The zero-order valence-electron chi connectivity index (χ0n) is 10.0. The first kappa shape index (κ1) is 11.9. The lowest BCUT2D eigenvalue weighted by Gasteiger charge is -2.22. The molecule has 0 heterocycles. The van der Waals surface area contributed by atoms with E-state index >= 15 is 0 Å². The molecular weight excluding hydrogens is 216 g/mol. The normalized spacial score (nSPS) is 14.7. The number of carbonyl (C=O) groups excluding carboxylic acids is 1.